The van der Waals surface area contributed by atoms with E-state index < -0.39 is 0 Å². The van der Waals surface area contributed by atoms with Gasteiger partial charge < -0.3 is 4.74 Å². The van der Waals surface area contributed by atoms with Gasteiger partial charge in [-0.3, -0.25) is 0 Å². The highest BCUT2D eigenvalue weighted by atomic mass is 16.5. The summed E-state index contributed by atoms with van der Waals surface area (Å²) in [5.41, 5.74) is 0. The van der Waals surface area contributed by atoms with Crippen LogP contribution < -0.4 is 0 Å². The predicted octanol–water partition coefficient (Wildman–Crippen LogP) is 1.76. The molecule has 0 saturated carbocycles. The summed E-state index contributed by atoms with van der Waals surface area (Å²) in [6.45, 7) is 6.22. The van der Waals surface area contributed by atoms with Crippen molar-refractivity contribution in [1.82, 2.24) is 0 Å². The molecule has 0 atom stereocenters. The van der Waals surface area contributed by atoms with E-state index in [4.69, 9.17) is 4.74 Å². The molecule has 0 aliphatic heterocycles. The van der Waals surface area contributed by atoms with Crippen molar-refractivity contribution in [3.63, 3.8) is 0 Å². The molecule has 1 nitrogen and oxygen atoms in total. The predicted molar refractivity (Wildman–Crippen MR) is 30.7 cm³/mol. The Labute approximate surface area is 45.0 Å². The minimum Gasteiger partial charge on any atom is -0.372 e. The van der Waals surface area contributed by atoms with Crippen molar-refractivity contribution in [1.29, 1.82) is 0 Å². The largest absolute Gasteiger partial charge is 0.372 e. The van der Waals surface area contributed by atoms with Crippen molar-refractivity contribution in [2.45, 2.75) is 13.8 Å². The fourth-order valence-electron chi connectivity index (χ4n) is 0.248. The molecule has 0 aromatic carbocycles. The van der Waals surface area contributed by atoms with Crippen LogP contribution in [0, 0.1) is 6.61 Å². The molecule has 0 aliphatic rings. The molecule has 0 N–H and O–H groups in total. The Kier molecular flexibility index (Phi) is 5.46. The normalized spacial score (nSPS) is 10.6. The highest BCUT2D eigenvalue weighted by Gasteiger charge is 1.70. The van der Waals surface area contributed by atoms with Crippen LogP contribution in [0.4, 0.5) is 0 Å². The van der Waals surface area contributed by atoms with Gasteiger partial charge in [0.2, 0.25) is 0 Å². The first-order valence-electron chi connectivity index (χ1n) is 2.42. The van der Waals surface area contributed by atoms with Gasteiger partial charge in [0.1, 0.15) is 0 Å². The van der Waals surface area contributed by atoms with Crippen LogP contribution in [0.5, 0.6) is 0 Å². The lowest BCUT2D eigenvalue weighted by molar-refractivity contribution is 0.239. The third kappa shape index (κ3) is 5.70. The lowest BCUT2D eigenvalue weighted by Crippen LogP contribution is -1.81. The van der Waals surface area contributed by atoms with Gasteiger partial charge in [-0.25, -0.2) is 0 Å². The van der Waals surface area contributed by atoms with Crippen LogP contribution >= 0.6 is 0 Å². The number of allylic oxidation sites excluding steroid dienone is 1. The number of ether oxygens (including phenoxy) is 1. The first-order chi connectivity index (χ1) is 3.41. The van der Waals surface area contributed by atoms with Crippen molar-refractivity contribution in [2.24, 2.45) is 0 Å². The summed E-state index contributed by atoms with van der Waals surface area (Å²) in [6.07, 6.45) is 3.92. The zero-order valence-corrected chi connectivity index (χ0v) is 4.85. The Morgan fingerprint density at radius 1 is 1.43 bits per heavy atom. The van der Waals surface area contributed by atoms with Gasteiger partial charge in [0.25, 0.3) is 0 Å². The zero-order valence-electron chi connectivity index (χ0n) is 4.85. The Balaban J connectivity index is 2.69. The maximum atomic E-state index is 4.86. The van der Waals surface area contributed by atoms with E-state index in [-0.39, 0.29) is 0 Å². The molecule has 0 aromatic rings. The minimum absolute atomic E-state index is 0.701. The summed E-state index contributed by atoms with van der Waals surface area (Å²) < 4.78 is 4.86. The summed E-state index contributed by atoms with van der Waals surface area (Å²) in [5, 5.41) is 0. The summed E-state index contributed by atoms with van der Waals surface area (Å²) >= 11 is 0. The average molecular weight is 99.2 g/mol. The minimum atomic E-state index is 0.701. The SMILES string of the molecule is C[CH]OCC=CC. The average Bonchev–Trinajstić information content (AvgIpc) is 1.69. The quantitative estimate of drug-likeness (QED) is 0.387. The lowest BCUT2D eigenvalue weighted by Gasteiger charge is -1.88. The van der Waals surface area contributed by atoms with E-state index in [1.54, 1.807) is 6.61 Å². The van der Waals surface area contributed by atoms with Gasteiger partial charge in [-0.05, 0) is 13.8 Å². The molecule has 0 saturated heterocycles. The molecule has 7 heavy (non-hydrogen) atoms. The van der Waals surface area contributed by atoms with E-state index >= 15 is 0 Å². The van der Waals surface area contributed by atoms with Crippen LogP contribution in [0.25, 0.3) is 0 Å². The molecular weight excluding hydrogens is 88.1 g/mol. The number of hydrogen-bond donors (Lipinski definition) is 0. The van der Waals surface area contributed by atoms with Crippen molar-refractivity contribution < 1.29 is 4.74 Å². The molecule has 0 amide bonds. The molecule has 1 radical (unpaired) electrons. The smallest absolute Gasteiger partial charge is 0.0810 e. The maximum absolute atomic E-state index is 4.86. The lowest BCUT2D eigenvalue weighted by atomic mass is 10.5. The molecule has 0 aromatic heterocycles. The fraction of sp³-hybridized carbons (Fsp3) is 0.500. The van der Waals surface area contributed by atoms with Gasteiger partial charge in [-0.1, -0.05) is 12.2 Å². The monoisotopic (exact) mass is 99.1 g/mol. The number of hydrogen-bond acceptors (Lipinski definition) is 1. The second-order valence-electron chi connectivity index (χ2n) is 1.14. The van der Waals surface area contributed by atoms with Crippen LogP contribution in [0.3, 0.4) is 0 Å². The topological polar surface area (TPSA) is 9.23 Å². The molecule has 0 rings (SSSR count). The second-order valence-corrected chi connectivity index (χ2v) is 1.14. The summed E-state index contributed by atoms with van der Waals surface area (Å²) in [5.74, 6) is 0. The molecule has 0 heterocycles. The van der Waals surface area contributed by atoms with E-state index in [1.165, 1.54) is 0 Å². The third-order valence-electron chi connectivity index (χ3n) is 0.595. The molecular formula is C6H11O. The summed E-state index contributed by atoms with van der Waals surface area (Å²) in [7, 11) is 0. The van der Waals surface area contributed by atoms with Crippen LogP contribution in [0.2, 0.25) is 0 Å². The third-order valence-corrected chi connectivity index (χ3v) is 0.595. The molecule has 0 unspecified atom stereocenters. The summed E-state index contributed by atoms with van der Waals surface area (Å²) in [4.78, 5) is 0. The maximum Gasteiger partial charge on any atom is 0.0810 e. The Bertz CT molecular complexity index is 48.1. The van der Waals surface area contributed by atoms with Crippen molar-refractivity contribution >= 4 is 0 Å². The van der Waals surface area contributed by atoms with Crippen molar-refractivity contribution in [3.8, 4) is 0 Å². The zero-order chi connectivity index (χ0) is 5.54. The van der Waals surface area contributed by atoms with Gasteiger partial charge in [-0.15, -0.1) is 0 Å². The van der Waals surface area contributed by atoms with Gasteiger partial charge in [0.05, 0.1) is 13.2 Å². The highest BCUT2D eigenvalue weighted by molar-refractivity contribution is 4.76. The molecule has 41 valence electrons. The first-order valence-corrected chi connectivity index (χ1v) is 2.42. The Hall–Kier alpha value is -0.300. The number of rotatable bonds is 3. The molecule has 0 fully saturated rings. The van der Waals surface area contributed by atoms with E-state index in [2.05, 4.69) is 0 Å². The Morgan fingerprint density at radius 2 is 2.14 bits per heavy atom. The van der Waals surface area contributed by atoms with E-state index in [0.717, 1.165) is 0 Å². The van der Waals surface area contributed by atoms with E-state index in [9.17, 15) is 0 Å². The molecule has 0 bridgehead atoms. The van der Waals surface area contributed by atoms with Crippen LogP contribution in [-0.4, -0.2) is 6.61 Å². The standard InChI is InChI=1S/C6H11O/c1-3-5-6-7-4-2/h3-5H,6H2,1-2H3. The second kappa shape index (κ2) is 5.70. The summed E-state index contributed by atoms with van der Waals surface area (Å²) in [6, 6.07) is 0. The first kappa shape index (κ1) is 6.70. The van der Waals surface area contributed by atoms with E-state index in [1.807, 2.05) is 26.0 Å². The molecule has 1 heteroatoms. The van der Waals surface area contributed by atoms with Gasteiger partial charge in [-0.2, -0.15) is 0 Å². The van der Waals surface area contributed by atoms with Gasteiger partial charge >= 0.3 is 0 Å². The fourth-order valence-corrected chi connectivity index (χ4v) is 0.248. The van der Waals surface area contributed by atoms with Gasteiger partial charge in [0, 0.05) is 0 Å². The Morgan fingerprint density at radius 3 is 2.57 bits per heavy atom. The molecule has 0 aliphatic carbocycles. The van der Waals surface area contributed by atoms with Crippen molar-refractivity contribution in [2.75, 3.05) is 6.61 Å². The molecule has 0 spiro atoms. The van der Waals surface area contributed by atoms with Crippen LogP contribution in [-0.2, 0) is 4.74 Å². The van der Waals surface area contributed by atoms with Crippen molar-refractivity contribution in [3.05, 3.63) is 18.8 Å². The van der Waals surface area contributed by atoms with Gasteiger partial charge in [0.15, 0.2) is 0 Å². The van der Waals surface area contributed by atoms with Crippen LogP contribution in [0.15, 0.2) is 12.2 Å². The highest BCUT2D eigenvalue weighted by Crippen LogP contribution is 1.78. The van der Waals surface area contributed by atoms with Crippen LogP contribution in [0.1, 0.15) is 13.8 Å². The van der Waals surface area contributed by atoms with E-state index in [0.29, 0.717) is 6.61 Å².